The molecule has 0 saturated heterocycles. The first-order chi connectivity index (χ1) is 25.2. The Morgan fingerprint density at radius 2 is 0.745 bits per heavy atom. The Hall–Kier alpha value is -6.24. The molecular weight excluding hydrogens is 613 g/mol. The van der Waals surface area contributed by atoms with Crippen LogP contribution in [0.1, 0.15) is 30.5 Å². The highest BCUT2D eigenvalue weighted by molar-refractivity contribution is 5.96. The molecule has 8 rings (SSSR count). The summed E-state index contributed by atoms with van der Waals surface area (Å²) in [5.74, 6) is 0. The van der Waals surface area contributed by atoms with E-state index in [1.807, 2.05) is 38.1 Å². The van der Waals surface area contributed by atoms with E-state index in [0.29, 0.717) is 0 Å². The molecule has 0 spiro atoms. The highest BCUT2D eigenvalue weighted by Crippen LogP contribution is 2.31. The SMILES string of the molecule is C=Cc1c(C)ccc(-c2ccccc2)c1C=C.CC.c1ccc(-c2ccc(-c3cccc4ccccc34)cc2)cc1.c1ccc2ccccc2c1. The second kappa shape index (κ2) is 18.5. The predicted octanol–water partition coefficient (Wildman–Crippen LogP) is 15.0. The van der Waals surface area contributed by atoms with Crippen LogP contribution in [0.3, 0.4) is 0 Å². The monoisotopic (exact) mass is 658 g/mol. The van der Waals surface area contributed by atoms with Gasteiger partial charge in [0.2, 0.25) is 0 Å². The summed E-state index contributed by atoms with van der Waals surface area (Å²) in [4.78, 5) is 0. The molecule has 0 radical (unpaired) electrons. The molecule has 0 aliphatic carbocycles. The minimum Gasteiger partial charge on any atom is -0.0984 e. The Balaban J connectivity index is 0.000000154. The predicted molar refractivity (Wildman–Crippen MR) is 227 cm³/mol. The zero-order chi connectivity index (χ0) is 35.8. The van der Waals surface area contributed by atoms with Crippen LogP contribution in [-0.4, -0.2) is 0 Å². The highest BCUT2D eigenvalue weighted by Gasteiger charge is 2.08. The van der Waals surface area contributed by atoms with Crippen molar-refractivity contribution in [2.24, 2.45) is 0 Å². The standard InChI is InChI=1S/C22H16.C17H16.C10H8.C2H6/c1-2-7-17(8-3-1)18-13-15-20(16-14-18)22-12-6-10-19-9-4-5-11-21(19)22;1-4-15-13(3)11-12-17(16(15)5-2)14-9-7-6-8-10-14;1-2-6-10-8-4-3-7-9(10)5-1;1-2/h1-16H;4-12H,1-2H2,3H3;1-8H;1-2H3. The van der Waals surface area contributed by atoms with E-state index < -0.39 is 0 Å². The van der Waals surface area contributed by atoms with E-state index in [1.165, 1.54) is 66.1 Å². The van der Waals surface area contributed by atoms with Gasteiger partial charge in [-0.05, 0) is 78.5 Å². The summed E-state index contributed by atoms with van der Waals surface area (Å²) < 4.78 is 0. The minimum absolute atomic E-state index is 1.16. The lowest BCUT2D eigenvalue weighted by Crippen LogP contribution is -1.90. The van der Waals surface area contributed by atoms with Gasteiger partial charge in [-0.15, -0.1) is 0 Å². The highest BCUT2D eigenvalue weighted by atomic mass is 14.1. The molecule has 0 amide bonds. The first-order valence-electron chi connectivity index (χ1n) is 17.7. The Labute approximate surface area is 304 Å². The van der Waals surface area contributed by atoms with Crippen molar-refractivity contribution in [1.82, 2.24) is 0 Å². The Morgan fingerprint density at radius 1 is 0.333 bits per heavy atom. The maximum Gasteiger partial charge on any atom is -0.0105 e. The summed E-state index contributed by atoms with van der Waals surface area (Å²) in [6.45, 7) is 13.9. The van der Waals surface area contributed by atoms with Crippen LogP contribution in [0, 0.1) is 6.92 Å². The summed E-state index contributed by atoms with van der Waals surface area (Å²) in [7, 11) is 0. The molecule has 0 heteroatoms. The Morgan fingerprint density at radius 3 is 1.29 bits per heavy atom. The number of fused-ring (bicyclic) bond motifs is 2. The smallest absolute Gasteiger partial charge is 0.0105 e. The van der Waals surface area contributed by atoms with Crippen molar-refractivity contribution in [2.45, 2.75) is 20.8 Å². The van der Waals surface area contributed by atoms with Gasteiger partial charge in [0.15, 0.2) is 0 Å². The number of hydrogen-bond acceptors (Lipinski definition) is 0. The second-order valence-electron chi connectivity index (χ2n) is 11.8. The fourth-order valence-corrected chi connectivity index (χ4v) is 6.19. The second-order valence-corrected chi connectivity index (χ2v) is 11.8. The van der Waals surface area contributed by atoms with Crippen LogP contribution in [-0.2, 0) is 0 Å². The topological polar surface area (TPSA) is 0 Å². The van der Waals surface area contributed by atoms with E-state index >= 15 is 0 Å². The molecule has 0 N–H and O–H groups in total. The van der Waals surface area contributed by atoms with Crippen LogP contribution in [0.4, 0.5) is 0 Å². The van der Waals surface area contributed by atoms with E-state index in [0.717, 1.165) is 5.56 Å². The van der Waals surface area contributed by atoms with Crippen LogP contribution < -0.4 is 0 Å². The van der Waals surface area contributed by atoms with Crippen molar-refractivity contribution < 1.29 is 0 Å². The largest absolute Gasteiger partial charge is 0.0984 e. The van der Waals surface area contributed by atoms with Crippen molar-refractivity contribution in [2.75, 3.05) is 0 Å². The Bertz CT molecular complexity index is 2220. The van der Waals surface area contributed by atoms with Crippen molar-refractivity contribution in [1.29, 1.82) is 0 Å². The van der Waals surface area contributed by atoms with E-state index in [9.17, 15) is 0 Å². The van der Waals surface area contributed by atoms with Crippen LogP contribution in [0.15, 0.2) is 201 Å². The Kier molecular flexibility index (Phi) is 13.1. The molecule has 0 aromatic heterocycles. The summed E-state index contributed by atoms with van der Waals surface area (Å²) in [6.07, 6.45) is 3.81. The first-order valence-corrected chi connectivity index (χ1v) is 17.7. The van der Waals surface area contributed by atoms with Gasteiger partial charge in [-0.25, -0.2) is 0 Å². The average molecular weight is 659 g/mol. The van der Waals surface area contributed by atoms with E-state index in [4.69, 9.17) is 0 Å². The van der Waals surface area contributed by atoms with Crippen LogP contribution >= 0.6 is 0 Å². The molecule has 8 aromatic rings. The van der Waals surface area contributed by atoms with Crippen molar-refractivity contribution in [3.8, 4) is 33.4 Å². The quantitative estimate of drug-likeness (QED) is 0.173. The van der Waals surface area contributed by atoms with Crippen LogP contribution in [0.2, 0.25) is 0 Å². The van der Waals surface area contributed by atoms with Gasteiger partial charge >= 0.3 is 0 Å². The fourth-order valence-electron chi connectivity index (χ4n) is 6.19. The molecule has 250 valence electrons. The maximum absolute atomic E-state index is 3.92. The van der Waals surface area contributed by atoms with Gasteiger partial charge in [-0.3, -0.25) is 0 Å². The minimum atomic E-state index is 1.16. The summed E-state index contributed by atoms with van der Waals surface area (Å²) >= 11 is 0. The third-order valence-electron chi connectivity index (χ3n) is 8.75. The van der Waals surface area contributed by atoms with Gasteiger partial charge in [0.05, 0.1) is 0 Å². The molecule has 0 saturated carbocycles. The average Bonchev–Trinajstić information content (AvgIpc) is 3.22. The van der Waals surface area contributed by atoms with Gasteiger partial charge in [0, 0.05) is 0 Å². The summed E-state index contributed by atoms with van der Waals surface area (Å²) in [6, 6.07) is 65.7. The molecule has 0 heterocycles. The molecule has 0 fully saturated rings. The first kappa shape index (κ1) is 36.1. The summed E-state index contributed by atoms with van der Waals surface area (Å²) in [5, 5.41) is 5.21. The zero-order valence-electron chi connectivity index (χ0n) is 30.0. The van der Waals surface area contributed by atoms with E-state index in [1.54, 1.807) is 0 Å². The summed E-state index contributed by atoms with van der Waals surface area (Å²) in [5.41, 5.74) is 11.0. The van der Waals surface area contributed by atoms with Crippen LogP contribution in [0.5, 0.6) is 0 Å². The van der Waals surface area contributed by atoms with Crippen molar-refractivity contribution >= 4 is 33.7 Å². The molecule has 0 nitrogen and oxygen atoms in total. The molecule has 51 heavy (non-hydrogen) atoms. The molecule has 0 bridgehead atoms. The van der Waals surface area contributed by atoms with Crippen LogP contribution in [0.25, 0.3) is 67.1 Å². The third kappa shape index (κ3) is 9.06. The van der Waals surface area contributed by atoms with Gasteiger partial charge < -0.3 is 0 Å². The molecule has 0 atom stereocenters. The molecule has 8 aromatic carbocycles. The molecule has 0 aliphatic rings. The number of hydrogen-bond donors (Lipinski definition) is 0. The number of benzene rings is 8. The maximum atomic E-state index is 3.92. The van der Waals surface area contributed by atoms with Gasteiger partial charge in [-0.1, -0.05) is 227 Å². The van der Waals surface area contributed by atoms with Gasteiger partial charge in [0.1, 0.15) is 0 Å². The van der Waals surface area contributed by atoms with E-state index in [2.05, 4.69) is 196 Å². The lowest BCUT2D eigenvalue weighted by Gasteiger charge is -2.12. The third-order valence-corrected chi connectivity index (χ3v) is 8.75. The van der Waals surface area contributed by atoms with E-state index in [-0.39, 0.29) is 0 Å². The molecular formula is C51H46. The van der Waals surface area contributed by atoms with Gasteiger partial charge in [-0.2, -0.15) is 0 Å². The lowest BCUT2D eigenvalue weighted by atomic mass is 9.92. The van der Waals surface area contributed by atoms with Gasteiger partial charge in [0.25, 0.3) is 0 Å². The fraction of sp³-hybridized carbons (Fsp3) is 0.0588. The molecule has 0 unspecified atom stereocenters. The zero-order valence-corrected chi connectivity index (χ0v) is 30.0. The molecule has 0 aliphatic heterocycles. The van der Waals surface area contributed by atoms with Crippen molar-refractivity contribution in [3.05, 3.63) is 218 Å². The number of rotatable bonds is 5. The lowest BCUT2D eigenvalue weighted by molar-refractivity contribution is 1.42. The normalized spacial score (nSPS) is 10.0. The van der Waals surface area contributed by atoms with Crippen molar-refractivity contribution in [3.63, 3.8) is 0 Å². The number of aryl methyl sites for hydroxylation is 1.